The lowest BCUT2D eigenvalue weighted by molar-refractivity contribution is -0.132. The Balaban J connectivity index is 2.00. The van der Waals surface area contributed by atoms with E-state index in [2.05, 4.69) is 18.8 Å². The number of H-pyrrole nitrogens is 1. The predicted octanol–water partition coefficient (Wildman–Crippen LogP) is 3.71. The molecule has 0 radical (unpaired) electrons. The molecule has 0 bridgehead atoms. The van der Waals surface area contributed by atoms with Gasteiger partial charge in [0.2, 0.25) is 0 Å². The van der Waals surface area contributed by atoms with Gasteiger partial charge in [-0.3, -0.25) is 4.79 Å². The number of hydrogen-bond donors (Lipinski definition) is 2. The minimum absolute atomic E-state index is 0.268. The number of anilines is 1. The second-order valence-corrected chi connectivity index (χ2v) is 7.21. The molecule has 0 spiro atoms. The fourth-order valence-corrected chi connectivity index (χ4v) is 3.97. The third-order valence-corrected chi connectivity index (χ3v) is 4.94. The molecule has 2 heterocycles. The second kappa shape index (κ2) is 5.46. The van der Waals surface area contributed by atoms with Gasteiger partial charge in [-0.05, 0) is 25.0 Å². The molecule has 25 heavy (non-hydrogen) atoms. The van der Waals surface area contributed by atoms with Crippen molar-refractivity contribution < 1.29 is 9.90 Å². The average Bonchev–Trinajstić information content (AvgIpc) is 3.03. The van der Waals surface area contributed by atoms with Crippen molar-refractivity contribution >= 4 is 22.5 Å². The Morgan fingerprint density at radius 1 is 1.12 bits per heavy atom. The SMILES string of the molecule is Cc1[nH]c2ccccc2c1C1(O)C(=O)N(CC(C)C)c2ccccc21. The molecule has 1 aliphatic rings. The Hall–Kier alpha value is -2.59. The standard InChI is InChI=1S/C21H22N2O2/c1-13(2)12-23-18-11-7-5-9-16(18)21(25,20(23)24)19-14(3)22-17-10-6-4-8-15(17)19/h4-11,13,22,25H,12H2,1-3H3. The number of aliphatic hydroxyl groups is 1. The van der Waals surface area contributed by atoms with Crippen LogP contribution in [-0.4, -0.2) is 22.5 Å². The molecule has 1 unspecified atom stereocenters. The van der Waals surface area contributed by atoms with Crippen molar-refractivity contribution in [2.24, 2.45) is 5.92 Å². The number of carbonyl (C=O) groups excluding carboxylic acids is 1. The summed E-state index contributed by atoms with van der Waals surface area (Å²) in [5.74, 6) is 0.0404. The van der Waals surface area contributed by atoms with E-state index >= 15 is 0 Å². The van der Waals surface area contributed by atoms with Crippen LogP contribution in [-0.2, 0) is 10.4 Å². The van der Waals surface area contributed by atoms with Crippen molar-refractivity contribution in [1.82, 2.24) is 4.98 Å². The van der Waals surface area contributed by atoms with Crippen LogP contribution in [0.1, 0.15) is 30.7 Å². The molecule has 0 aliphatic carbocycles. The molecule has 4 nitrogen and oxygen atoms in total. The molecule has 0 saturated carbocycles. The first-order valence-electron chi connectivity index (χ1n) is 8.66. The summed E-state index contributed by atoms with van der Waals surface area (Å²) in [5, 5.41) is 12.6. The van der Waals surface area contributed by atoms with Crippen molar-refractivity contribution in [3.05, 3.63) is 65.4 Å². The first kappa shape index (κ1) is 15.9. The number of rotatable bonds is 3. The summed E-state index contributed by atoms with van der Waals surface area (Å²) in [6.45, 7) is 6.64. The summed E-state index contributed by atoms with van der Waals surface area (Å²) in [6.07, 6.45) is 0. The number of carbonyl (C=O) groups is 1. The van der Waals surface area contributed by atoms with E-state index in [0.717, 1.165) is 22.3 Å². The van der Waals surface area contributed by atoms with Crippen LogP contribution >= 0.6 is 0 Å². The monoisotopic (exact) mass is 334 g/mol. The normalized spacial score (nSPS) is 19.9. The van der Waals surface area contributed by atoms with E-state index in [1.807, 2.05) is 55.5 Å². The molecule has 3 aromatic rings. The molecular weight excluding hydrogens is 312 g/mol. The number of para-hydroxylation sites is 2. The maximum Gasteiger partial charge on any atom is 0.268 e. The lowest BCUT2D eigenvalue weighted by Gasteiger charge is -2.25. The van der Waals surface area contributed by atoms with Crippen molar-refractivity contribution in [2.75, 3.05) is 11.4 Å². The summed E-state index contributed by atoms with van der Waals surface area (Å²) in [6, 6.07) is 15.3. The van der Waals surface area contributed by atoms with Crippen LogP contribution in [0.25, 0.3) is 10.9 Å². The zero-order chi connectivity index (χ0) is 17.8. The van der Waals surface area contributed by atoms with Crippen molar-refractivity contribution in [1.29, 1.82) is 0 Å². The number of aromatic nitrogens is 1. The van der Waals surface area contributed by atoms with E-state index in [1.165, 1.54) is 0 Å². The van der Waals surface area contributed by atoms with Crippen LogP contribution in [0, 0.1) is 12.8 Å². The lowest BCUT2D eigenvalue weighted by Crippen LogP contribution is -2.42. The molecule has 2 aromatic carbocycles. The van der Waals surface area contributed by atoms with E-state index in [-0.39, 0.29) is 5.91 Å². The van der Waals surface area contributed by atoms with E-state index < -0.39 is 5.60 Å². The predicted molar refractivity (Wildman–Crippen MR) is 99.7 cm³/mol. The lowest BCUT2D eigenvalue weighted by atomic mass is 9.85. The fraction of sp³-hybridized carbons (Fsp3) is 0.286. The summed E-state index contributed by atoms with van der Waals surface area (Å²) >= 11 is 0. The maximum absolute atomic E-state index is 13.4. The summed E-state index contributed by atoms with van der Waals surface area (Å²) in [4.78, 5) is 18.4. The summed E-state index contributed by atoms with van der Waals surface area (Å²) in [5.41, 5.74) is 2.21. The van der Waals surface area contributed by atoms with Crippen molar-refractivity contribution in [3.8, 4) is 0 Å². The van der Waals surface area contributed by atoms with Gasteiger partial charge in [-0.15, -0.1) is 0 Å². The molecule has 2 N–H and O–H groups in total. The summed E-state index contributed by atoms with van der Waals surface area (Å²) < 4.78 is 0. The number of benzene rings is 2. The highest BCUT2D eigenvalue weighted by molar-refractivity contribution is 6.11. The van der Waals surface area contributed by atoms with E-state index in [9.17, 15) is 9.90 Å². The van der Waals surface area contributed by atoms with Gasteiger partial charge in [0.05, 0.1) is 5.69 Å². The molecular formula is C21H22N2O2. The highest BCUT2D eigenvalue weighted by Gasteiger charge is 2.52. The molecule has 0 saturated heterocycles. The van der Waals surface area contributed by atoms with Gasteiger partial charge in [0.25, 0.3) is 5.91 Å². The Morgan fingerprint density at radius 2 is 1.80 bits per heavy atom. The van der Waals surface area contributed by atoms with Gasteiger partial charge in [0, 0.05) is 34.3 Å². The highest BCUT2D eigenvalue weighted by Crippen LogP contribution is 2.47. The van der Waals surface area contributed by atoms with E-state index in [0.29, 0.717) is 23.6 Å². The van der Waals surface area contributed by atoms with Crippen molar-refractivity contribution in [3.63, 3.8) is 0 Å². The molecule has 4 heteroatoms. The van der Waals surface area contributed by atoms with Gasteiger partial charge >= 0.3 is 0 Å². The van der Waals surface area contributed by atoms with Gasteiger partial charge in [-0.2, -0.15) is 0 Å². The molecule has 1 atom stereocenters. The van der Waals surface area contributed by atoms with Gasteiger partial charge in [0.15, 0.2) is 5.60 Å². The van der Waals surface area contributed by atoms with Crippen LogP contribution in [0.2, 0.25) is 0 Å². The van der Waals surface area contributed by atoms with Crippen LogP contribution in [0.15, 0.2) is 48.5 Å². The molecule has 1 aromatic heterocycles. The number of nitrogens with zero attached hydrogens (tertiary/aromatic N) is 1. The van der Waals surface area contributed by atoms with Crippen LogP contribution in [0.5, 0.6) is 0 Å². The Morgan fingerprint density at radius 3 is 2.56 bits per heavy atom. The van der Waals surface area contributed by atoms with Crippen LogP contribution < -0.4 is 4.90 Å². The molecule has 1 amide bonds. The smallest absolute Gasteiger partial charge is 0.268 e. The fourth-order valence-electron chi connectivity index (χ4n) is 3.97. The Kier molecular flexibility index (Phi) is 3.48. The molecule has 0 fully saturated rings. The topological polar surface area (TPSA) is 56.3 Å². The van der Waals surface area contributed by atoms with Gasteiger partial charge in [-0.1, -0.05) is 50.2 Å². The van der Waals surface area contributed by atoms with Crippen LogP contribution in [0.4, 0.5) is 5.69 Å². The molecule has 1 aliphatic heterocycles. The first-order valence-corrected chi connectivity index (χ1v) is 8.66. The largest absolute Gasteiger partial charge is 0.372 e. The number of fused-ring (bicyclic) bond motifs is 2. The van der Waals surface area contributed by atoms with E-state index in [1.54, 1.807) is 4.90 Å². The molecule has 128 valence electrons. The van der Waals surface area contributed by atoms with Crippen molar-refractivity contribution in [2.45, 2.75) is 26.4 Å². The molecule has 4 rings (SSSR count). The zero-order valence-electron chi connectivity index (χ0n) is 14.7. The maximum atomic E-state index is 13.4. The number of hydrogen-bond acceptors (Lipinski definition) is 2. The Bertz CT molecular complexity index is 973. The quantitative estimate of drug-likeness (QED) is 0.767. The zero-order valence-corrected chi connectivity index (χ0v) is 14.7. The number of amides is 1. The second-order valence-electron chi connectivity index (χ2n) is 7.21. The van der Waals surface area contributed by atoms with Gasteiger partial charge in [0.1, 0.15) is 0 Å². The number of aromatic amines is 1. The van der Waals surface area contributed by atoms with Gasteiger partial charge in [-0.25, -0.2) is 0 Å². The summed E-state index contributed by atoms with van der Waals surface area (Å²) in [7, 11) is 0. The number of aryl methyl sites for hydroxylation is 1. The number of nitrogens with one attached hydrogen (secondary N) is 1. The minimum Gasteiger partial charge on any atom is -0.372 e. The first-order chi connectivity index (χ1) is 11.9. The third-order valence-electron chi connectivity index (χ3n) is 4.94. The van der Waals surface area contributed by atoms with Crippen LogP contribution in [0.3, 0.4) is 0 Å². The average molecular weight is 334 g/mol. The third kappa shape index (κ3) is 2.14. The van der Waals surface area contributed by atoms with E-state index in [4.69, 9.17) is 0 Å². The van der Waals surface area contributed by atoms with Gasteiger partial charge < -0.3 is 15.0 Å². The minimum atomic E-state index is -1.66. The highest BCUT2D eigenvalue weighted by atomic mass is 16.3. The Labute approximate surface area is 147 Å².